The molecule has 3 aromatic carbocycles. The van der Waals surface area contributed by atoms with Gasteiger partial charge >= 0.3 is 0 Å². The lowest BCUT2D eigenvalue weighted by molar-refractivity contribution is 0.102. The van der Waals surface area contributed by atoms with Crippen LogP contribution in [0.4, 0.5) is 5.69 Å². The molecule has 0 saturated heterocycles. The molecule has 0 spiro atoms. The van der Waals surface area contributed by atoms with Crippen molar-refractivity contribution >= 4 is 32.7 Å². The van der Waals surface area contributed by atoms with Gasteiger partial charge in [0.25, 0.3) is 5.91 Å². The van der Waals surface area contributed by atoms with E-state index in [1.807, 2.05) is 48.0 Å². The minimum atomic E-state index is -3.89. The van der Waals surface area contributed by atoms with Crippen LogP contribution in [0.1, 0.15) is 15.9 Å². The van der Waals surface area contributed by atoms with Gasteiger partial charge in [0.15, 0.2) is 0 Å². The number of carbonyl (C=O) groups is 1. The number of hydrogen-bond acceptors (Lipinski definition) is 4. The van der Waals surface area contributed by atoms with Crippen LogP contribution in [0.3, 0.4) is 0 Å². The summed E-state index contributed by atoms with van der Waals surface area (Å²) in [6.07, 6.45) is 0. The van der Waals surface area contributed by atoms with Crippen LogP contribution >= 0.6 is 0 Å². The molecule has 7 nitrogen and oxygen atoms in total. The molecule has 1 aromatic heterocycles. The van der Waals surface area contributed by atoms with E-state index in [-0.39, 0.29) is 10.5 Å². The Balaban J connectivity index is 1.59. The van der Waals surface area contributed by atoms with Gasteiger partial charge in [-0.25, -0.2) is 18.5 Å². The molecule has 8 heteroatoms. The van der Waals surface area contributed by atoms with E-state index in [0.29, 0.717) is 11.3 Å². The third kappa shape index (κ3) is 3.70. The minimum Gasteiger partial charge on any atom is -0.327 e. The maximum Gasteiger partial charge on any atom is 0.255 e. The number of primary sulfonamides is 1. The number of benzene rings is 3. The monoisotopic (exact) mass is 420 g/mol. The van der Waals surface area contributed by atoms with E-state index in [4.69, 9.17) is 5.14 Å². The van der Waals surface area contributed by atoms with E-state index < -0.39 is 15.9 Å². The Kier molecular flexibility index (Phi) is 4.89. The number of nitrogens with one attached hydrogen (secondary N) is 1. The number of aryl methyl sites for hydroxylation is 2. The zero-order chi connectivity index (χ0) is 21.5. The van der Waals surface area contributed by atoms with Gasteiger partial charge in [-0.15, -0.1) is 0 Å². The van der Waals surface area contributed by atoms with Gasteiger partial charge in [-0.3, -0.25) is 4.79 Å². The van der Waals surface area contributed by atoms with Crippen molar-refractivity contribution in [2.45, 2.75) is 11.8 Å². The summed E-state index contributed by atoms with van der Waals surface area (Å²) in [6.45, 7) is 1.73. The Labute approximate surface area is 174 Å². The topological polar surface area (TPSA) is 107 Å². The first-order chi connectivity index (χ1) is 14.2. The van der Waals surface area contributed by atoms with Crippen LogP contribution < -0.4 is 10.5 Å². The zero-order valence-corrected chi connectivity index (χ0v) is 17.3. The van der Waals surface area contributed by atoms with Crippen LogP contribution in [0.2, 0.25) is 0 Å². The fraction of sp³-hybridized carbons (Fsp3) is 0.0909. The summed E-state index contributed by atoms with van der Waals surface area (Å²) in [5.41, 5.74) is 4.35. The van der Waals surface area contributed by atoms with Crippen LogP contribution in [0.15, 0.2) is 71.6 Å². The number of fused-ring (bicyclic) bond motifs is 1. The Hall–Kier alpha value is -3.49. The highest BCUT2D eigenvalue weighted by atomic mass is 32.2. The lowest BCUT2D eigenvalue weighted by Crippen LogP contribution is -2.17. The quantitative estimate of drug-likeness (QED) is 0.527. The van der Waals surface area contributed by atoms with Crippen molar-refractivity contribution in [1.29, 1.82) is 0 Å². The van der Waals surface area contributed by atoms with Crippen molar-refractivity contribution in [1.82, 2.24) is 9.55 Å². The number of hydrogen-bond donors (Lipinski definition) is 2. The van der Waals surface area contributed by atoms with Gasteiger partial charge in [0.2, 0.25) is 10.0 Å². The third-order valence-electron chi connectivity index (χ3n) is 4.97. The van der Waals surface area contributed by atoms with Crippen molar-refractivity contribution in [3.63, 3.8) is 0 Å². The van der Waals surface area contributed by atoms with Gasteiger partial charge in [-0.05, 0) is 61.0 Å². The van der Waals surface area contributed by atoms with Gasteiger partial charge in [0, 0.05) is 23.9 Å². The number of nitrogens with zero attached hydrogens (tertiary/aromatic N) is 2. The van der Waals surface area contributed by atoms with Gasteiger partial charge < -0.3 is 9.88 Å². The summed E-state index contributed by atoms with van der Waals surface area (Å²) in [7, 11) is -1.93. The van der Waals surface area contributed by atoms with Crippen LogP contribution in [0.5, 0.6) is 0 Å². The van der Waals surface area contributed by atoms with Gasteiger partial charge in [0.1, 0.15) is 5.82 Å². The highest BCUT2D eigenvalue weighted by Crippen LogP contribution is 2.25. The number of rotatable bonds is 4. The van der Waals surface area contributed by atoms with E-state index in [9.17, 15) is 13.2 Å². The molecular weight excluding hydrogens is 400 g/mol. The summed E-state index contributed by atoms with van der Waals surface area (Å²) in [5, 5.41) is 7.97. The first kappa shape index (κ1) is 19.8. The molecular formula is C22H20N4O3S. The first-order valence-corrected chi connectivity index (χ1v) is 10.8. The number of aromatic nitrogens is 2. The number of anilines is 1. The van der Waals surface area contributed by atoms with E-state index >= 15 is 0 Å². The summed E-state index contributed by atoms with van der Waals surface area (Å²) in [4.78, 5) is 17.2. The standard InChI is InChI=1S/C22H20N4O3S/c1-14-7-12-17(30(23,28)29)13-18(14)22(27)24-16-10-8-15(9-11-16)21-25-19-5-3-4-6-20(19)26(21)2/h3-13H,1-2H3,(H,24,27)(H2,23,28,29). The molecule has 0 unspecified atom stereocenters. The smallest absolute Gasteiger partial charge is 0.255 e. The SMILES string of the molecule is Cc1ccc(S(N)(=O)=O)cc1C(=O)Nc1ccc(-c2nc3ccccc3n2C)cc1. The molecule has 1 amide bonds. The number of para-hydroxylation sites is 2. The zero-order valence-electron chi connectivity index (χ0n) is 16.5. The predicted octanol–water partition coefficient (Wildman–Crippen LogP) is 3.45. The molecule has 3 N–H and O–H groups in total. The van der Waals surface area contributed by atoms with Crippen LogP contribution in [-0.2, 0) is 17.1 Å². The van der Waals surface area contributed by atoms with Gasteiger partial charge in [-0.2, -0.15) is 0 Å². The number of nitrogens with two attached hydrogens (primary N) is 1. The second-order valence-corrected chi connectivity index (χ2v) is 8.60. The minimum absolute atomic E-state index is 0.101. The molecule has 0 fully saturated rings. The molecule has 0 aliphatic heterocycles. The Morgan fingerprint density at radius 1 is 1.03 bits per heavy atom. The molecule has 30 heavy (non-hydrogen) atoms. The second kappa shape index (κ2) is 7.40. The van der Waals surface area contributed by atoms with Crippen molar-refractivity contribution in [2.24, 2.45) is 12.2 Å². The second-order valence-electron chi connectivity index (χ2n) is 7.04. The average molecular weight is 420 g/mol. The molecule has 0 bridgehead atoms. The fourth-order valence-electron chi connectivity index (χ4n) is 3.33. The molecule has 0 aliphatic rings. The van der Waals surface area contributed by atoms with E-state index in [1.54, 1.807) is 25.1 Å². The molecule has 4 aromatic rings. The van der Waals surface area contributed by atoms with Crippen LogP contribution in [0, 0.1) is 6.92 Å². The molecule has 152 valence electrons. The molecule has 0 aliphatic carbocycles. The Bertz CT molecular complexity index is 1370. The van der Waals surface area contributed by atoms with Crippen molar-refractivity contribution in [3.8, 4) is 11.4 Å². The largest absolute Gasteiger partial charge is 0.327 e. The normalized spacial score (nSPS) is 11.6. The fourth-order valence-corrected chi connectivity index (χ4v) is 3.87. The maximum atomic E-state index is 12.7. The van der Waals surface area contributed by atoms with Crippen LogP contribution in [-0.4, -0.2) is 23.9 Å². The van der Waals surface area contributed by atoms with E-state index in [1.165, 1.54) is 12.1 Å². The van der Waals surface area contributed by atoms with Crippen molar-refractivity contribution in [3.05, 3.63) is 77.9 Å². The van der Waals surface area contributed by atoms with Crippen LogP contribution in [0.25, 0.3) is 22.4 Å². The number of amides is 1. The number of imidazole rings is 1. The molecule has 0 saturated carbocycles. The van der Waals surface area contributed by atoms with Gasteiger partial charge in [-0.1, -0.05) is 18.2 Å². The number of carbonyl (C=O) groups excluding carboxylic acids is 1. The van der Waals surface area contributed by atoms with E-state index in [0.717, 1.165) is 22.4 Å². The summed E-state index contributed by atoms with van der Waals surface area (Å²) in [5.74, 6) is 0.416. The molecule has 0 radical (unpaired) electrons. The average Bonchev–Trinajstić information content (AvgIpc) is 3.05. The number of sulfonamides is 1. The summed E-state index contributed by atoms with van der Waals surface area (Å²) < 4.78 is 25.2. The lowest BCUT2D eigenvalue weighted by atomic mass is 10.1. The molecule has 1 heterocycles. The third-order valence-corrected chi connectivity index (χ3v) is 5.88. The highest BCUT2D eigenvalue weighted by molar-refractivity contribution is 7.89. The molecule has 4 rings (SSSR count). The van der Waals surface area contributed by atoms with Crippen molar-refractivity contribution in [2.75, 3.05) is 5.32 Å². The Morgan fingerprint density at radius 2 is 1.73 bits per heavy atom. The maximum absolute atomic E-state index is 12.7. The first-order valence-electron chi connectivity index (χ1n) is 9.21. The Morgan fingerprint density at radius 3 is 2.40 bits per heavy atom. The summed E-state index contributed by atoms with van der Waals surface area (Å²) in [6, 6.07) is 19.4. The lowest BCUT2D eigenvalue weighted by Gasteiger charge is -2.10. The van der Waals surface area contributed by atoms with Crippen molar-refractivity contribution < 1.29 is 13.2 Å². The van der Waals surface area contributed by atoms with Gasteiger partial charge in [0.05, 0.1) is 15.9 Å². The van der Waals surface area contributed by atoms with E-state index in [2.05, 4.69) is 10.3 Å². The highest BCUT2D eigenvalue weighted by Gasteiger charge is 2.15. The summed E-state index contributed by atoms with van der Waals surface area (Å²) >= 11 is 0. The molecule has 0 atom stereocenters. The predicted molar refractivity (Wildman–Crippen MR) is 117 cm³/mol.